The van der Waals surface area contributed by atoms with Crippen LogP contribution in [0.3, 0.4) is 0 Å². The zero-order valence-corrected chi connectivity index (χ0v) is 41.8. The Balaban J connectivity index is 1.26. The van der Waals surface area contributed by atoms with Gasteiger partial charge in [-0.05, 0) is 115 Å². The third-order valence-electron chi connectivity index (χ3n) is 14.9. The van der Waals surface area contributed by atoms with E-state index in [0.29, 0.717) is 56.3 Å². The number of sulfonamides is 1. The van der Waals surface area contributed by atoms with Crippen molar-refractivity contribution >= 4 is 53.1 Å². The summed E-state index contributed by atoms with van der Waals surface area (Å²) in [4.78, 5) is 63.4. The van der Waals surface area contributed by atoms with Gasteiger partial charge in [0.2, 0.25) is 21.8 Å². The Kier molecular flexibility index (Phi) is 13.2. The van der Waals surface area contributed by atoms with E-state index in [0.717, 1.165) is 4.90 Å². The largest absolute Gasteiger partial charge is 0.491 e. The summed E-state index contributed by atoms with van der Waals surface area (Å²) < 4.78 is 91.7. The number of aromatic nitrogens is 1. The number of halogens is 3. The molecule has 3 N–H and O–H groups in total. The molecule has 5 aliphatic rings. The lowest BCUT2D eigenvalue weighted by Gasteiger charge is -2.41. The molecule has 4 heterocycles. The summed E-state index contributed by atoms with van der Waals surface area (Å²) in [5.74, 6) is -3.26. The molecular formula is C47H66F3N5O10SSi. The summed E-state index contributed by atoms with van der Waals surface area (Å²) in [5.41, 5.74) is -5.38. The molecule has 370 valence electrons. The number of nitrogens with one attached hydrogen (secondary N) is 2. The molecule has 1 aromatic carbocycles. The molecule has 2 saturated carbocycles. The van der Waals surface area contributed by atoms with Gasteiger partial charge in [0.25, 0.3) is 5.91 Å². The van der Waals surface area contributed by atoms with Gasteiger partial charge >= 0.3 is 12.3 Å². The predicted molar refractivity (Wildman–Crippen MR) is 246 cm³/mol. The molecule has 5 atom stereocenters. The lowest BCUT2D eigenvalue weighted by molar-refractivity contribution is -0.145. The van der Waals surface area contributed by atoms with Gasteiger partial charge in [0, 0.05) is 28.8 Å². The number of hydrogen-bond acceptors (Lipinski definition) is 10. The average Bonchev–Trinajstić information content (AvgIpc) is 4.10. The smallest absolute Gasteiger partial charge is 0.437 e. The molecule has 0 radical (unpaired) electrons. The highest BCUT2D eigenvalue weighted by Crippen LogP contribution is 2.51. The van der Waals surface area contributed by atoms with Gasteiger partial charge in [-0.25, -0.2) is 18.2 Å². The molecule has 3 fully saturated rings. The second kappa shape index (κ2) is 17.5. The van der Waals surface area contributed by atoms with Crippen LogP contribution < -0.4 is 19.5 Å². The third kappa shape index (κ3) is 10.0. The number of alkyl halides is 3. The van der Waals surface area contributed by atoms with E-state index in [1.165, 1.54) is 17.9 Å². The third-order valence-corrected chi connectivity index (χ3v) is 21.6. The first-order chi connectivity index (χ1) is 30.9. The van der Waals surface area contributed by atoms with Crippen molar-refractivity contribution in [1.82, 2.24) is 24.8 Å². The first-order valence-corrected chi connectivity index (χ1v) is 27.7. The maximum absolute atomic E-state index is 15.1. The zero-order valence-electron chi connectivity index (χ0n) is 40.0. The number of nitrogens with zero attached hydrogens (tertiary/aromatic N) is 3. The van der Waals surface area contributed by atoms with Crippen molar-refractivity contribution in [2.24, 2.45) is 5.92 Å². The van der Waals surface area contributed by atoms with Crippen molar-refractivity contribution < 1.29 is 59.8 Å². The minimum Gasteiger partial charge on any atom is -0.491 e. The monoisotopic (exact) mass is 977 g/mol. The van der Waals surface area contributed by atoms with Gasteiger partial charge in [0.1, 0.15) is 35.6 Å². The number of amides is 4. The number of carbonyl (C=O) groups is 4. The Morgan fingerprint density at radius 1 is 1.04 bits per heavy atom. The van der Waals surface area contributed by atoms with Gasteiger partial charge in [-0.15, -0.1) is 0 Å². The van der Waals surface area contributed by atoms with Crippen molar-refractivity contribution in [2.75, 3.05) is 19.8 Å². The summed E-state index contributed by atoms with van der Waals surface area (Å²) in [6.07, 6.45) is 0.220. The van der Waals surface area contributed by atoms with Crippen LogP contribution in [0.15, 0.2) is 30.4 Å². The van der Waals surface area contributed by atoms with E-state index in [-0.39, 0.29) is 61.4 Å². The molecule has 1 saturated heterocycles. The minimum atomic E-state index is -4.98. The maximum Gasteiger partial charge on any atom is 0.437 e. The molecule has 67 heavy (non-hydrogen) atoms. The quantitative estimate of drug-likeness (QED) is 0.126. The molecule has 1 spiro atoms. The molecular weight excluding hydrogens is 912 g/mol. The number of hydrogen-bond donors (Lipinski definition) is 3. The minimum absolute atomic E-state index is 0.0176. The average molecular weight is 978 g/mol. The van der Waals surface area contributed by atoms with Gasteiger partial charge in [0.15, 0.2) is 19.8 Å². The van der Waals surface area contributed by atoms with Crippen LogP contribution in [0.2, 0.25) is 18.1 Å². The fourth-order valence-electron chi connectivity index (χ4n) is 9.44. The van der Waals surface area contributed by atoms with Crippen molar-refractivity contribution in [3.63, 3.8) is 0 Å². The molecule has 2 aliphatic carbocycles. The first kappa shape index (κ1) is 50.4. The Bertz CT molecular complexity index is 2450. The summed E-state index contributed by atoms with van der Waals surface area (Å²) in [7, 11) is -6.20. The highest BCUT2D eigenvalue weighted by molar-refractivity contribution is 7.91. The van der Waals surface area contributed by atoms with Crippen LogP contribution in [0.25, 0.3) is 10.9 Å². The molecule has 3 aliphatic heterocycles. The number of ether oxygens (including phenoxy) is 2. The van der Waals surface area contributed by atoms with Gasteiger partial charge in [0.05, 0.1) is 23.4 Å². The van der Waals surface area contributed by atoms with E-state index in [9.17, 15) is 27.9 Å². The molecule has 15 nitrogen and oxygen atoms in total. The Morgan fingerprint density at radius 2 is 1.75 bits per heavy atom. The SMILES string of the molecule is CC(C)(C)N(C(=O)O)[C@H]1CCCCC/C=C\[C@@H]2C[C@@]2(C(=O)NS(=O)(=O)C2(C)CC2)NC(=O)[C@@H]2C[C@]3(CCc4c(c(C(F)(F)F)nc5ccc(OCCO[Si](C)(C)C(C)(C)C)cc45)O3)CN2C1=O. The first-order valence-electron chi connectivity index (χ1n) is 23.3. The summed E-state index contributed by atoms with van der Waals surface area (Å²) >= 11 is 0. The Labute approximate surface area is 392 Å². The van der Waals surface area contributed by atoms with Crippen LogP contribution in [-0.2, 0) is 41.4 Å². The molecule has 1 aromatic heterocycles. The predicted octanol–water partition coefficient (Wildman–Crippen LogP) is 7.86. The van der Waals surface area contributed by atoms with E-state index in [1.54, 1.807) is 39.0 Å². The van der Waals surface area contributed by atoms with Gasteiger partial charge in [-0.2, -0.15) is 13.2 Å². The van der Waals surface area contributed by atoms with E-state index < -0.39 is 99.2 Å². The summed E-state index contributed by atoms with van der Waals surface area (Å²) in [6.45, 7) is 17.2. The van der Waals surface area contributed by atoms with Crippen LogP contribution in [0.1, 0.15) is 124 Å². The number of carbonyl (C=O) groups excluding carboxylic acids is 3. The molecule has 0 unspecified atom stereocenters. The van der Waals surface area contributed by atoms with Crippen LogP contribution in [0.5, 0.6) is 11.5 Å². The number of benzene rings is 1. The normalized spacial score (nSPS) is 27.3. The number of carboxylic acid groups (broad SMARTS) is 1. The molecule has 7 rings (SSSR count). The van der Waals surface area contributed by atoms with Crippen molar-refractivity contribution in [2.45, 2.75) is 177 Å². The number of aryl methyl sites for hydroxylation is 1. The second-order valence-electron chi connectivity index (χ2n) is 21.9. The highest BCUT2D eigenvalue weighted by Gasteiger charge is 2.64. The second-order valence-corrected chi connectivity index (χ2v) is 28.9. The highest BCUT2D eigenvalue weighted by atomic mass is 32.2. The van der Waals surface area contributed by atoms with Crippen LogP contribution in [0.4, 0.5) is 18.0 Å². The fraction of sp³-hybridized carbons (Fsp3) is 0.681. The van der Waals surface area contributed by atoms with Crippen LogP contribution in [0, 0.1) is 5.92 Å². The molecule has 20 heteroatoms. The number of allylic oxidation sites excluding steroid dienone is 1. The standard InChI is InChI=1S/C47H66F3N5O10SSi/c1-42(2,3)55(41(59)60)34-16-14-12-10-11-13-15-29-26-46(29,40(58)53-66(61,62)44(7)21-22-44)52-38(56)35-27-45(28-54(35)39(34)57)20-19-31-32-25-30(63-23-24-64-67(8,9)43(4,5)6)17-18-33(32)51-37(36(31)65-45)47(48,49)50/h13,15,17-18,25,29,34-35H,10-12,14,16,19-24,26-28H2,1-9H3,(H,52,56)(H,53,58)(H,59,60)/b15-13-/t29-,34+,35+,45-,46-/m1/s1. The Morgan fingerprint density at radius 3 is 2.37 bits per heavy atom. The zero-order chi connectivity index (χ0) is 49.3. The van der Waals surface area contributed by atoms with Crippen LogP contribution >= 0.6 is 0 Å². The maximum atomic E-state index is 15.1. The number of pyridine rings is 1. The van der Waals surface area contributed by atoms with Crippen molar-refractivity contribution in [3.8, 4) is 11.5 Å². The lowest BCUT2D eigenvalue weighted by Crippen LogP contribution is -2.61. The Hall–Kier alpha value is -4.43. The summed E-state index contributed by atoms with van der Waals surface area (Å²) in [6, 6.07) is 1.88. The number of rotatable bonds is 9. The molecule has 0 bridgehead atoms. The van der Waals surface area contributed by atoms with Gasteiger partial charge in [-0.3, -0.25) is 24.0 Å². The fourth-order valence-corrected chi connectivity index (χ4v) is 11.8. The molecule has 4 amide bonds. The van der Waals surface area contributed by atoms with E-state index in [4.69, 9.17) is 13.9 Å². The summed E-state index contributed by atoms with van der Waals surface area (Å²) in [5, 5.41) is 13.7. The van der Waals surface area contributed by atoms with E-state index >= 15 is 18.0 Å². The van der Waals surface area contributed by atoms with Crippen molar-refractivity contribution in [1.29, 1.82) is 0 Å². The van der Waals surface area contributed by atoms with E-state index in [2.05, 4.69) is 48.9 Å². The van der Waals surface area contributed by atoms with Gasteiger partial charge < -0.3 is 29.2 Å². The topological polar surface area (TPSA) is 194 Å². The molecule has 2 aromatic rings. The van der Waals surface area contributed by atoms with E-state index in [1.807, 2.05) is 6.08 Å². The van der Waals surface area contributed by atoms with Crippen molar-refractivity contribution in [3.05, 3.63) is 41.6 Å². The van der Waals surface area contributed by atoms with Gasteiger partial charge in [-0.1, -0.05) is 45.8 Å². The van der Waals surface area contributed by atoms with Crippen LogP contribution in [-0.4, -0.2) is 114 Å². The lowest BCUT2D eigenvalue weighted by atomic mass is 9.87. The number of fused-ring (bicyclic) bond motifs is 5.